The maximum absolute atomic E-state index is 12.9. The molecule has 0 aromatic heterocycles. The summed E-state index contributed by atoms with van der Waals surface area (Å²) in [6.07, 6.45) is 5.34. The van der Waals surface area contributed by atoms with E-state index < -0.39 is 0 Å². The lowest BCUT2D eigenvalue weighted by atomic mass is 9.92. The van der Waals surface area contributed by atoms with Gasteiger partial charge in [0.05, 0.1) is 5.41 Å². The van der Waals surface area contributed by atoms with Crippen molar-refractivity contribution in [2.45, 2.75) is 43.6 Å². The number of likely N-dealkylation sites (tertiary alicyclic amines) is 1. The number of halogens is 1. The Morgan fingerprint density at radius 2 is 2.00 bits per heavy atom. The van der Waals surface area contributed by atoms with Crippen molar-refractivity contribution in [3.05, 3.63) is 35.9 Å². The summed E-state index contributed by atoms with van der Waals surface area (Å²) in [5, 5.41) is 0. The van der Waals surface area contributed by atoms with Crippen molar-refractivity contribution >= 4 is 17.5 Å². The van der Waals surface area contributed by atoms with Gasteiger partial charge in [-0.15, -0.1) is 11.6 Å². The summed E-state index contributed by atoms with van der Waals surface area (Å²) in [5.74, 6) is 0.875. The first-order valence-corrected chi connectivity index (χ1v) is 7.74. The van der Waals surface area contributed by atoms with E-state index in [0.717, 1.165) is 32.2 Å². The second-order valence-corrected chi connectivity index (χ2v) is 6.06. The van der Waals surface area contributed by atoms with Crippen molar-refractivity contribution in [3.8, 4) is 0 Å². The Morgan fingerprint density at radius 3 is 2.63 bits per heavy atom. The van der Waals surface area contributed by atoms with Crippen LogP contribution < -0.4 is 0 Å². The number of carbonyl (C=O) groups excluding carboxylic acids is 1. The molecule has 1 aliphatic carbocycles. The zero-order valence-electron chi connectivity index (χ0n) is 11.1. The average Bonchev–Trinajstić information content (AvgIpc) is 3.29. The fourth-order valence-electron chi connectivity index (χ4n) is 3.21. The normalized spacial score (nSPS) is 25.1. The van der Waals surface area contributed by atoms with Crippen LogP contribution in [-0.4, -0.2) is 29.3 Å². The standard InChI is InChI=1S/C16H20ClNO/c17-12-14-8-4-5-11-18(14)15(19)16(9-10-16)13-6-2-1-3-7-13/h1-3,6-7,14H,4-5,8-12H2. The number of piperidine rings is 1. The Morgan fingerprint density at radius 1 is 1.26 bits per heavy atom. The zero-order chi connectivity index (χ0) is 13.3. The monoisotopic (exact) mass is 277 g/mol. The van der Waals surface area contributed by atoms with Gasteiger partial charge in [0.1, 0.15) is 0 Å². The van der Waals surface area contributed by atoms with Crippen molar-refractivity contribution < 1.29 is 4.79 Å². The molecule has 3 heteroatoms. The van der Waals surface area contributed by atoms with E-state index >= 15 is 0 Å². The summed E-state index contributed by atoms with van der Waals surface area (Å²) in [6, 6.07) is 10.5. The van der Waals surface area contributed by atoms with Gasteiger partial charge in [-0.3, -0.25) is 4.79 Å². The van der Waals surface area contributed by atoms with E-state index in [-0.39, 0.29) is 11.5 Å². The summed E-state index contributed by atoms with van der Waals surface area (Å²) in [6.45, 7) is 0.880. The van der Waals surface area contributed by atoms with Crippen LogP contribution in [0.25, 0.3) is 0 Å². The number of hydrogen-bond acceptors (Lipinski definition) is 1. The van der Waals surface area contributed by atoms with Gasteiger partial charge in [0.15, 0.2) is 0 Å². The van der Waals surface area contributed by atoms with Crippen LogP contribution >= 0.6 is 11.6 Å². The van der Waals surface area contributed by atoms with Gasteiger partial charge in [-0.1, -0.05) is 30.3 Å². The molecule has 1 amide bonds. The number of nitrogens with zero attached hydrogens (tertiary/aromatic N) is 1. The van der Waals surface area contributed by atoms with Gasteiger partial charge < -0.3 is 4.90 Å². The van der Waals surface area contributed by atoms with Crippen molar-refractivity contribution in [1.29, 1.82) is 0 Å². The molecular formula is C16H20ClNO. The molecule has 1 atom stereocenters. The maximum atomic E-state index is 12.9. The molecule has 3 rings (SSSR count). The van der Waals surface area contributed by atoms with Gasteiger partial charge in [-0.25, -0.2) is 0 Å². The Bertz CT molecular complexity index is 455. The van der Waals surface area contributed by atoms with Crippen LogP contribution in [0, 0.1) is 0 Å². The predicted octanol–water partition coefficient (Wildman–Crippen LogP) is 3.34. The lowest BCUT2D eigenvalue weighted by Gasteiger charge is -2.37. The van der Waals surface area contributed by atoms with E-state index in [1.165, 1.54) is 12.0 Å². The SMILES string of the molecule is O=C(N1CCCCC1CCl)C1(c2ccccc2)CC1. The highest BCUT2D eigenvalue weighted by Crippen LogP contribution is 2.50. The summed E-state index contributed by atoms with van der Waals surface area (Å²) in [7, 11) is 0. The van der Waals surface area contributed by atoms with Gasteiger partial charge in [0.2, 0.25) is 5.91 Å². The predicted molar refractivity (Wildman–Crippen MR) is 77.4 cm³/mol. The van der Waals surface area contributed by atoms with Crippen LogP contribution in [-0.2, 0) is 10.2 Å². The Balaban J connectivity index is 1.83. The van der Waals surface area contributed by atoms with Crippen molar-refractivity contribution in [2.24, 2.45) is 0 Å². The van der Waals surface area contributed by atoms with Gasteiger partial charge in [-0.05, 0) is 37.7 Å². The van der Waals surface area contributed by atoms with Crippen molar-refractivity contribution in [3.63, 3.8) is 0 Å². The molecule has 0 radical (unpaired) electrons. The molecule has 1 heterocycles. The molecule has 0 spiro atoms. The smallest absolute Gasteiger partial charge is 0.233 e. The Kier molecular flexibility index (Phi) is 3.53. The number of rotatable bonds is 3. The van der Waals surface area contributed by atoms with Crippen molar-refractivity contribution in [1.82, 2.24) is 4.90 Å². The minimum Gasteiger partial charge on any atom is -0.338 e. The van der Waals surface area contributed by atoms with E-state index in [1.807, 2.05) is 18.2 Å². The number of hydrogen-bond donors (Lipinski definition) is 0. The zero-order valence-corrected chi connectivity index (χ0v) is 11.9. The fourth-order valence-corrected chi connectivity index (χ4v) is 3.53. The van der Waals surface area contributed by atoms with Crippen LogP contribution in [0.2, 0.25) is 0 Å². The summed E-state index contributed by atoms with van der Waals surface area (Å²) < 4.78 is 0. The van der Waals surface area contributed by atoms with E-state index in [0.29, 0.717) is 11.8 Å². The molecule has 1 saturated heterocycles. The third-order valence-electron chi connectivity index (χ3n) is 4.55. The number of amides is 1. The third-order valence-corrected chi connectivity index (χ3v) is 4.91. The summed E-state index contributed by atoms with van der Waals surface area (Å²) in [5.41, 5.74) is 0.946. The molecule has 2 aliphatic rings. The largest absolute Gasteiger partial charge is 0.338 e. The highest BCUT2D eigenvalue weighted by molar-refractivity contribution is 6.18. The number of alkyl halides is 1. The first-order chi connectivity index (χ1) is 9.28. The van der Waals surface area contributed by atoms with Crippen LogP contribution in [0.15, 0.2) is 30.3 Å². The molecule has 0 bridgehead atoms. The quantitative estimate of drug-likeness (QED) is 0.776. The van der Waals surface area contributed by atoms with Crippen LogP contribution in [0.5, 0.6) is 0 Å². The van der Waals surface area contributed by atoms with Gasteiger partial charge >= 0.3 is 0 Å². The first kappa shape index (κ1) is 13.0. The topological polar surface area (TPSA) is 20.3 Å². The van der Waals surface area contributed by atoms with E-state index in [1.54, 1.807) is 0 Å². The minimum absolute atomic E-state index is 0.233. The molecule has 1 aromatic rings. The van der Waals surface area contributed by atoms with E-state index in [9.17, 15) is 4.79 Å². The molecule has 2 fully saturated rings. The number of benzene rings is 1. The van der Waals surface area contributed by atoms with E-state index in [2.05, 4.69) is 17.0 Å². The Labute approximate surface area is 119 Å². The third kappa shape index (κ3) is 2.27. The van der Waals surface area contributed by atoms with Crippen LogP contribution in [0.1, 0.15) is 37.7 Å². The molecule has 2 nitrogen and oxygen atoms in total. The highest BCUT2D eigenvalue weighted by atomic mass is 35.5. The Hall–Kier alpha value is -1.02. The van der Waals surface area contributed by atoms with E-state index in [4.69, 9.17) is 11.6 Å². The van der Waals surface area contributed by atoms with Crippen LogP contribution in [0.3, 0.4) is 0 Å². The summed E-state index contributed by atoms with van der Waals surface area (Å²) in [4.78, 5) is 15.0. The second-order valence-electron chi connectivity index (χ2n) is 5.75. The minimum atomic E-state index is -0.233. The highest BCUT2D eigenvalue weighted by Gasteiger charge is 2.53. The van der Waals surface area contributed by atoms with Crippen molar-refractivity contribution in [2.75, 3.05) is 12.4 Å². The molecular weight excluding hydrogens is 258 g/mol. The fraction of sp³-hybridized carbons (Fsp3) is 0.562. The van der Waals surface area contributed by atoms with Gasteiger partial charge in [-0.2, -0.15) is 0 Å². The number of carbonyl (C=O) groups is 1. The van der Waals surface area contributed by atoms with Crippen LogP contribution in [0.4, 0.5) is 0 Å². The first-order valence-electron chi connectivity index (χ1n) is 7.20. The molecule has 1 saturated carbocycles. The lowest BCUT2D eigenvalue weighted by molar-refractivity contribution is -0.137. The van der Waals surface area contributed by atoms with Gasteiger partial charge in [0.25, 0.3) is 0 Å². The molecule has 1 aromatic carbocycles. The maximum Gasteiger partial charge on any atom is 0.233 e. The molecule has 0 N–H and O–H groups in total. The molecule has 1 unspecified atom stereocenters. The summed E-state index contributed by atoms with van der Waals surface area (Å²) >= 11 is 6.04. The molecule has 19 heavy (non-hydrogen) atoms. The average molecular weight is 278 g/mol. The van der Waals surface area contributed by atoms with Gasteiger partial charge in [0, 0.05) is 18.5 Å². The lowest BCUT2D eigenvalue weighted by Crippen LogP contribution is -2.49. The molecule has 1 aliphatic heterocycles. The molecule has 102 valence electrons. The second kappa shape index (κ2) is 5.16.